The second-order valence-electron chi connectivity index (χ2n) is 7.40. The summed E-state index contributed by atoms with van der Waals surface area (Å²) in [6, 6.07) is 0.608. The highest BCUT2D eigenvalue weighted by atomic mass is 127. The summed E-state index contributed by atoms with van der Waals surface area (Å²) < 4.78 is 11.2. The van der Waals surface area contributed by atoms with Crippen LogP contribution in [0.2, 0.25) is 0 Å². The van der Waals surface area contributed by atoms with Gasteiger partial charge < -0.3 is 20.1 Å². The highest BCUT2D eigenvalue weighted by Gasteiger charge is 2.21. The van der Waals surface area contributed by atoms with Crippen molar-refractivity contribution in [1.82, 2.24) is 15.5 Å². The van der Waals surface area contributed by atoms with Gasteiger partial charge in [0.2, 0.25) is 0 Å². The molecule has 0 aromatic heterocycles. The van der Waals surface area contributed by atoms with Crippen LogP contribution in [0.5, 0.6) is 0 Å². The van der Waals surface area contributed by atoms with E-state index >= 15 is 0 Å². The lowest BCUT2D eigenvalue weighted by Crippen LogP contribution is -2.44. The predicted molar refractivity (Wildman–Crippen MR) is 123 cm³/mol. The van der Waals surface area contributed by atoms with E-state index < -0.39 is 0 Å². The van der Waals surface area contributed by atoms with Gasteiger partial charge in [-0.2, -0.15) is 0 Å². The molecule has 6 nitrogen and oxygen atoms in total. The van der Waals surface area contributed by atoms with Crippen LogP contribution in [0.1, 0.15) is 58.8 Å². The maximum atomic E-state index is 5.82. The molecular formula is C20H41IN4O2. The molecule has 27 heavy (non-hydrogen) atoms. The van der Waals surface area contributed by atoms with Crippen molar-refractivity contribution in [3.63, 3.8) is 0 Å². The number of unbranched alkanes of at least 4 members (excludes halogenated alkanes) is 1. The number of hydrogen-bond donors (Lipinski definition) is 2. The minimum Gasteiger partial charge on any atom is -0.379 e. The van der Waals surface area contributed by atoms with Crippen molar-refractivity contribution in [1.29, 1.82) is 0 Å². The molecule has 2 rings (SSSR count). The Morgan fingerprint density at radius 1 is 1.19 bits per heavy atom. The van der Waals surface area contributed by atoms with Crippen molar-refractivity contribution in [2.75, 3.05) is 52.5 Å². The maximum absolute atomic E-state index is 5.82. The van der Waals surface area contributed by atoms with Crippen molar-refractivity contribution in [3.05, 3.63) is 0 Å². The van der Waals surface area contributed by atoms with Crippen LogP contribution in [0.3, 0.4) is 0 Å². The Morgan fingerprint density at radius 2 is 2.07 bits per heavy atom. The van der Waals surface area contributed by atoms with E-state index in [1.807, 2.05) is 0 Å². The minimum atomic E-state index is 0. The quantitative estimate of drug-likeness (QED) is 0.199. The number of halogens is 1. The van der Waals surface area contributed by atoms with Crippen LogP contribution in [0.25, 0.3) is 0 Å². The van der Waals surface area contributed by atoms with Crippen LogP contribution in [-0.4, -0.2) is 75.5 Å². The molecule has 2 saturated heterocycles. The summed E-state index contributed by atoms with van der Waals surface area (Å²) in [5.74, 6) is 0.942. The molecule has 2 aliphatic rings. The molecule has 0 bridgehead atoms. The first-order valence-corrected chi connectivity index (χ1v) is 10.8. The van der Waals surface area contributed by atoms with Crippen LogP contribution in [-0.2, 0) is 9.47 Å². The van der Waals surface area contributed by atoms with Gasteiger partial charge in [0.05, 0.1) is 19.3 Å². The van der Waals surface area contributed by atoms with Gasteiger partial charge in [0, 0.05) is 32.3 Å². The van der Waals surface area contributed by atoms with Gasteiger partial charge in [-0.05, 0) is 52.1 Å². The highest BCUT2D eigenvalue weighted by Crippen LogP contribution is 2.17. The lowest BCUT2D eigenvalue weighted by molar-refractivity contribution is 0.0420. The average Bonchev–Trinajstić information content (AvgIpc) is 3.18. The zero-order chi connectivity index (χ0) is 18.5. The topological polar surface area (TPSA) is 58.1 Å². The van der Waals surface area contributed by atoms with E-state index in [1.165, 1.54) is 45.2 Å². The van der Waals surface area contributed by atoms with Gasteiger partial charge >= 0.3 is 0 Å². The van der Waals surface area contributed by atoms with E-state index in [1.54, 1.807) is 0 Å². The van der Waals surface area contributed by atoms with Gasteiger partial charge in [0.15, 0.2) is 5.96 Å². The standard InChI is InChI=1S/C20H40N4O2.HI/c1-3-5-12-24-13-7-6-9-18(24)16-23-20(21-4-2)22-11-8-14-26-19-10-15-25-17-19;/h18-19H,3-17H2,1-2H3,(H2,21,22,23);1H. The number of likely N-dealkylation sites (tertiary alicyclic amines) is 1. The number of guanidine groups is 1. The van der Waals surface area contributed by atoms with Gasteiger partial charge in [-0.25, -0.2) is 0 Å². The van der Waals surface area contributed by atoms with Crippen molar-refractivity contribution in [2.24, 2.45) is 4.99 Å². The molecule has 160 valence electrons. The number of hydrogen-bond acceptors (Lipinski definition) is 4. The Kier molecular flexibility index (Phi) is 14.5. The van der Waals surface area contributed by atoms with E-state index in [0.717, 1.165) is 58.3 Å². The molecule has 2 unspecified atom stereocenters. The first kappa shape index (κ1) is 24.9. The van der Waals surface area contributed by atoms with E-state index in [4.69, 9.17) is 14.5 Å². The Bertz CT molecular complexity index is 392. The highest BCUT2D eigenvalue weighted by molar-refractivity contribution is 14.0. The number of aliphatic imine (C=N–C) groups is 1. The number of nitrogens with one attached hydrogen (secondary N) is 2. The summed E-state index contributed by atoms with van der Waals surface area (Å²) in [7, 11) is 0. The van der Waals surface area contributed by atoms with Crippen molar-refractivity contribution < 1.29 is 9.47 Å². The summed E-state index contributed by atoms with van der Waals surface area (Å²) in [6.07, 6.45) is 8.86. The number of rotatable bonds is 11. The molecule has 0 radical (unpaired) electrons. The lowest BCUT2D eigenvalue weighted by atomic mass is 10.0. The third kappa shape index (κ3) is 10.3. The normalized spacial score (nSPS) is 23.9. The second-order valence-corrected chi connectivity index (χ2v) is 7.40. The molecule has 0 spiro atoms. The van der Waals surface area contributed by atoms with E-state index in [-0.39, 0.29) is 24.0 Å². The van der Waals surface area contributed by atoms with E-state index in [2.05, 4.69) is 29.4 Å². The maximum Gasteiger partial charge on any atom is 0.191 e. The Balaban J connectivity index is 0.00000364. The summed E-state index contributed by atoms with van der Waals surface area (Å²) in [5.41, 5.74) is 0. The fourth-order valence-corrected chi connectivity index (χ4v) is 3.63. The minimum absolute atomic E-state index is 0. The van der Waals surface area contributed by atoms with Gasteiger partial charge in [0.1, 0.15) is 0 Å². The molecular weight excluding hydrogens is 455 g/mol. The largest absolute Gasteiger partial charge is 0.379 e. The van der Waals surface area contributed by atoms with Gasteiger partial charge in [0.25, 0.3) is 0 Å². The van der Waals surface area contributed by atoms with Crippen molar-refractivity contribution in [2.45, 2.75) is 70.9 Å². The van der Waals surface area contributed by atoms with Crippen LogP contribution in [0.15, 0.2) is 4.99 Å². The molecule has 2 N–H and O–H groups in total. The number of ether oxygens (including phenoxy) is 2. The summed E-state index contributed by atoms with van der Waals surface area (Å²) >= 11 is 0. The Labute approximate surface area is 183 Å². The molecule has 2 aliphatic heterocycles. The third-order valence-corrected chi connectivity index (χ3v) is 5.21. The molecule has 0 aliphatic carbocycles. The van der Waals surface area contributed by atoms with Gasteiger partial charge in [-0.15, -0.1) is 24.0 Å². The first-order chi connectivity index (χ1) is 12.8. The van der Waals surface area contributed by atoms with Crippen molar-refractivity contribution in [3.8, 4) is 0 Å². The lowest BCUT2D eigenvalue weighted by Gasteiger charge is -2.35. The van der Waals surface area contributed by atoms with E-state index in [9.17, 15) is 0 Å². The molecule has 0 aromatic rings. The third-order valence-electron chi connectivity index (χ3n) is 5.21. The molecule has 2 heterocycles. The van der Waals surface area contributed by atoms with Gasteiger partial charge in [-0.1, -0.05) is 19.8 Å². The number of nitrogens with zero attached hydrogens (tertiary/aromatic N) is 2. The Hall–Kier alpha value is -0.120. The zero-order valence-corrected chi connectivity index (χ0v) is 19.7. The van der Waals surface area contributed by atoms with Crippen molar-refractivity contribution >= 4 is 29.9 Å². The smallest absolute Gasteiger partial charge is 0.191 e. The van der Waals surface area contributed by atoms with E-state index in [0.29, 0.717) is 12.1 Å². The van der Waals surface area contributed by atoms with Crippen LogP contribution >= 0.6 is 24.0 Å². The molecule has 2 atom stereocenters. The molecule has 0 saturated carbocycles. The zero-order valence-electron chi connectivity index (χ0n) is 17.4. The Morgan fingerprint density at radius 3 is 2.81 bits per heavy atom. The average molecular weight is 496 g/mol. The van der Waals surface area contributed by atoms with Crippen LogP contribution < -0.4 is 10.6 Å². The molecule has 0 amide bonds. The van der Waals surface area contributed by atoms with Crippen LogP contribution in [0.4, 0.5) is 0 Å². The second kappa shape index (κ2) is 15.8. The first-order valence-electron chi connectivity index (χ1n) is 10.8. The van der Waals surface area contributed by atoms with Crippen LogP contribution in [0, 0.1) is 0 Å². The fourth-order valence-electron chi connectivity index (χ4n) is 3.63. The molecule has 7 heteroatoms. The fraction of sp³-hybridized carbons (Fsp3) is 0.950. The SMILES string of the molecule is CCCCN1CCCCC1CN=C(NCC)NCCCOC1CCOC1.I. The molecule has 2 fully saturated rings. The summed E-state index contributed by atoms with van der Waals surface area (Å²) in [4.78, 5) is 7.51. The number of piperidine rings is 1. The summed E-state index contributed by atoms with van der Waals surface area (Å²) in [5, 5.41) is 6.82. The van der Waals surface area contributed by atoms with Gasteiger partial charge in [-0.3, -0.25) is 9.89 Å². The predicted octanol–water partition coefficient (Wildman–Crippen LogP) is 3.01. The summed E-state index contributed by atoms with van der Waals surface area (Å²) in [6.45, 7) is 11.9. The molecule has 0 aromatic carbocycles. The monoisotopic (exact) mass is 496 g/mol.